The van der Waals surface area contributed by atoms with E-state index in [1.807, 2.05) is 0 Å². The van der Waals surface area contributed by atoms with Crippen LogP contribution in [0.2, 0.25) is 0 Å². The van der Waals surface area contributed by atoms with Gasteiger partial charge in [0.15, 0.2) is 11.4 Å². The molecule has 2 rings (SSSR count). The lowest BCUT2D eigenvalue weighted by atomic mass is 9.84. The molecule has 3 nitrogen and oxygen atoms in total. The van der Waals surface area contributed by atoms with Crippen molar-refractivity contribution in [2.45, 2.75) is 37.5 Å². The van der Waals surface area contributed by atoms with Gasteiger partial charge in [-0.2, -0.15) is 13.2 Å². The Labute approximate surface area is 107 Å². The average molecular weight is 274 g/mol. The molecule has 1 atom stereocenters. The Hall–Kier alpha value is -1.56. The summed E-state index contributed by atoms with van der Waals surface area (Å²) in [5, 5.41) is 10.0. The number of ketones is 1. The van der Waals surface area contributed by atoms with Crippen LogP contribution < -0.4 is 0 Å². The van der Waals surface area contributed by atoms with Crippen molar-refractivity contribution in [3.05, 3.63) is 35.8 Å². The minimum absolute atomic E-state index is 0.196. The number of hydrogen-bond acceptors (Lipinski definition) is 3. The summed E-state index contributed by atoms with van der Waals surface area (Å²) in [5.41, 5.74) is -3.04. The van der Waals surface area contributed by atoms with Crippen LogP contribution in [0.5, 0.6) is 0 Å². The number of rotatable bonds is 3. The molecule has 1 N–H and O–H groups in total. The van der Waals surface area contributed by atoms with Gasteiger partial charge in [0, 0.05) is 18.4 Å². The summed E-state index contributed by atoms with van der Waals surface area (Å²) in [4.78, 5) is 11.2. The standard InChI is InChI=1S/C13H13F3O3/c14-13(15,16)12(18,10-4-5-19-8-10)7-9-2-1-3-11(17)6-9/h4-6,8,18H,1-3,7H2/t12-/m1/s1. The summed E-state index contributed by atoms with van der Waals surface area (Å²) < 4.78 is 44.0. The van der Waals surface area contributed by atoms with Crippen molar-refractivity contribution in [3.8, 4) is 0 Å². The highest BCUT2D eigenvalue weighted by atomic mass is 19.4. The molecule has 1 aliphatic carbocycles. The maximum atomic E-state index is 13.1. The summed E-state index contributed by atoms with van der Waals surface area (Å²) in [7, 11) is 0. The number of carbonyl (C=O) groups excluding carboxylic acids is 1. The van der Waals surface area contributed by atoms with Crippen molar-refractivity contribution >= 4 is 5.78 Å². The molecule has 0 aromatic carbocycles. The highest BCUT2D eigenvalue weighted by molar-refractivity contribution is 5.91. The largest absolute Gasteiger partial charge is 0.472 e. The van der Waals surface area contributed by atoms with Gasteiger partial charge < -0.3 is 9.52 Å². The van der Waals surface area contributed by atoms with Crippen LogP contribution in [0, 0.1) is 0 Å². The van der Waals surface area contributed by atoms with E-state index in [1.54, 1.807) is 0 Å². The van der Waals surface area contributed by atoms with Gasteiger partial charge in [0.1, 0.15) is 0 Å². The lowest BCUT2D eigenvalue weighted by molar-refractivity contribution is -0.266. The molecular formula is C13H13F3O3. The SMILES string of the molecule is O=C1C=C(C[C@@](O)(c2ccoc2)C(F)(F)F)CCC1. The predicted octanol–water partition coefficient (Wildman–Crippen LogP) is 3.10. The third kappa shape index (κ3) is 2.73. The summed E-state index contributed by atoms with van der Waals surface area (Å²) in [6, 6.07) is 1.08. The molecule has 0 aliphatic heterocycles. The zero-order valence-electron chi connectivity index (χ0n) is 10.0. The second-order valence-electron chi connectivity index (χ2n) is 4.67. The number of aliphatic hydroxyl groups is 1. The number of allylic oxidation sites excluding steroid dienone is 1. The first-order valence-electron chi connectivity index (χ1n) is 5.87. The van der Waals surface area contributed by atoms with E-state index in [4.69, 9.17) is 0 Å². The van der Waals surface area contributed by atoms with Crippen molar-refractivity contribution in [3.63, 3.8) is 0 Å². The first-order chi connectivity index (χ1) is 8.83. The Morgan fingerprint density at radius 3 is 2.58 bits per heavy atom. The summed E-state index contributed by atoms with van der Waals surface area (Å²) in [6.07, 6.45) is -1.06. The number of alkyl halides is 3. The fourth-order valence-electron chi connectivity index (χ4n) is 2.20. The zero-order valence-corrected chi connectivity index (χ0v) is 10.0. The van der Waals surface area contributed by atoms with E-state index in [9.17, 15) is 23.1 Å². The van der Waals surface area contributed by atoms with E-state index in [0.29, 0.717) is 24.8 Å². The Bertz CT molecular complexity index is 488. The monoisotopic (exact) mass is 274 g/mol. The summed E-state index contributed by atoms with van der Waals surface area (Å²) in [5.74, 6) is -0.196. The summed E-state index contributed by atoms with van der Waals surface area (Å²) in [6.45, 7) is 0. The lowest BCUT2D eigenvalue weighted by Gasteiger charge is -2.31. The molecule has 19 heavy (non-hydrogen) atoms. The highest BCUT2D eigenvalue weighted by Gasteiger charge is 2.55. The first-order valence-corrected chi connectivity index (χ1v) is 5.87. The molecule has 0 fully saturated rings. The van der Waals surface area contributed by atoms with Gasteiger partial charge in [-0.15, -0.1) is 0 Å². The molecule has 104 valence electrons. The van der Waals surface area contributed by atoms with Crippen LogP contribution in [-0.4, -0.2) is 17.1 Å². The van der Waals surface area contributed by atoms with Crippen molar-refractivity contribution < 1.29 is 27.5 Å². The number of hydrogen-bond donors (Lipinski definition) is 1. The molecule has 0 saturated carbocycles. The van der Waals surface area contributed by atoms with Gasteiger partial charge in [0.2, 0.25) is 0 Å². The number of furan rings is 1. The molecule has 0 saturated heterocycles. The smallest absolute Gasteiger partial charge is 0.421 e. The Morgan fingerprint density at radius 2 is 2.05 bits per heavy atom. The average Bonchev–Trinajstić information content (AvgIpc) is 2.80. The third-order valence-corrected chi connectivity index (χ3v) is 3.24. The van der Waals surface area contributed by atoms with Gasteiger partial charge in [-0.05, 0) is 25.0 Å². The molecule has 1 aliphatic rings. The van der Waals surface area contributed by atoms with Crippen molar-refractivity contribution in [2.75, 3.05) is 0 Å². The second kappa shape index (κ2) is 4.85. The van der Waals surface area contributed by atoms with Crippen LogP contribution in [0.1, 0.15) is 31.2 Å². The van der Waals surface area contributed by atoms with E-state index < -0.39 is 18.2 Å². The van der Waals surface area contributed by atoms with Crippen molar-refractivity contribution in [2.24, 2.45) is 0 Å². The zero-order chi connectivity index (χ0) is 14.1. The van der Waals surface area contributed by atoms with E-state index in [0.717, 1.165) is 18.6 Å². The van der Waals surface area contributed by atoms with Gasteiger partial charge >= 0.3 is 6.18 Å². The Morgan fingerprint density at radius 1 is 1.32 bits per heavy atom. The Balaban J connectivity index is 2.32. The minimum Gasteiger partial charge on any atom is -0.472 e. The normalized spacial score (nSPS) is 20.0. The van der Waals surface area contributed by atoms with Gasteiger partial charge in [-0.1, -0.05) is 5.57 Å². The molecule has 0 spiro atoms. The van der Waals surface area contributed by atoms with Crippen LogP contribution in [0.25, 0.3) is 0 Å². The first kappa shape index (κ1) is 13.9. The second-order valence-corrected chi connectivity index (χ2v) is 4.67. The minimum atomic E-state index is -4.84. The molecule has 6 heteroatoms. The maximum Gasteiger partial charge on any atom is 0.421 e. The van der Waals surface area contributed by atoms with E-state index in [2.05, 4.69) is 4.42 Å². The quantitative estimate of drug-likeness (QED) is 0.921. The van der Waals surface area contributed by atoms with Crippen LogP contribution in [0.3, 0.4) is 0 Å². The summed E-state index contributed by atoms with van der Waals surface area (Å²) >= 11 is 0. The molecule has 0 unspecified atom stereocenters. The van der Waals surface area contributed by atoms with Gasteiger partial charge in [0.25, 0.3) is 0 Å². The molecule has 0 amide bonds. The van der Waals surface area contributed by atoms with E-state index in [1.165, 1.54) is 6.08 Å². The highest BCUT2D eigenvalue weighted by Crippen LogP contribution is 2.44. The van der Waals surface area contributed by atoms with Crippen LogP contribution in [0.4, 0.5) is 13.2 Å². The third-order valence-electron chi connectivity index (χ3n) is 3.24. The van der Waals surface area contributed by atoms with Crippen LogP contribution >= 0.6 is 0 Å². The topological polar surface area (TPSA) is 50.4 Å². The number of halogens is 3. The van der Waals surface area contributed by atoms with Gasteiger partial charge in [-0.3, -0.25) is 4.79 Å². The molecular weight excluding hydrogens is 261 g/mol. The molecule has 0 bridgehead atoms. The Kier molecular flexibility index (Phi) is 3.54. The van der Waals surface area contributed by atoms with Crippen LogP contribution in [-0.2, 0) is 10.4 Å². The van der Waals surface area contributed by atoms with Crippen molar-refractivity contribution in [1.82, 2.24) is 0 Å². The van der Waals surface area contributed by atoms with Gasteiger partial charge in [0.05, 0.1) is 12.5 Å². The molecule has 1 aromatic heterocycles. The van der Waals surface area contributed by atoms with E-state index in [-0.39, 0.29) is 11.3 Å². The molecule has 1 aromatic rings. The molecule has 0 radical (unpaired) electrons. The number of carbonyl (C=O) groups is 1. The fourth-order valence-corrected chi connectivity index (χ4v) is 2.20. The fraction of sp³-hybridized carbons (Fsp3) is 0.462. The van der Waals surface area contributed by atoms with E-state index >= 15 is 0 Å². The maximum absolute atomic E-state index is 13.1. The predicted molar refractivity (Wildman–Crippen MR) is 60.2 cm³/mol. The molecule has 1 heterocycles. The van der Waals surface area contributed by atoms with Gasteiger partial charge in [-0.25, -0.2) is 0 Å². The van der Waals surface area contributed by atoms with Crippen LogP contribution in [0.15, 0.2) is 34.7 Å². The lowest BCUT2D eigenvalue weighted by Crippen LogP contribution is -2.42. The van der Waals surface area contributed by atoms with Crippen molar-refractivity contribution in [1.29, 1.82) is 0 Å².